The highest BCUT2D eigenvalue weighted by Gasteiger charge is 2.20. The van der Waals surface area contributed by atoms with Crippen molar-refractivity contribution in [2.75, 3.05) is 18.4 Å². The third-order valence-corrected chi connectivity index (χ3v) is 3.41. The molecule has 0 amide bonds. The summed E-state index contributed by atoms with van der Waals surface area (Å²) in [4.78, 5) is 28.8. The summed E-state index contributed by atoms with van der Waals surface area (Å²) in [5.41, 5.74) is 0.308. The first-order valence-corrected chi connectivity index (χ1v) is 6.78. The molecule has 0 atom stereocenters. The van der Waals surface area contributed by atoms with E-state index in [4.69, 9.17) is 0 Å². The highest BCUT2D eigenvalue weighted by atomic mass is 16.6. The first-order chi connectivity index (χ1) is 10.1. The van der Waals surface area contributed by atoms with Gasteiger partial charge in [-0.15, -0.1) is 0 Å². The molecule has 1 aromatic heterocycles. The molecule has 3 rings (SSSR count). The molecule has 1 fully saturated rings. The van der Waals surface area contributed by atoms with Gasteiger partial charge >= 0.3 is 0 Å². The van der Waals surface area contributed by atoms with Crippen molar-refractivity contribution < 1.29 is 4.92 Å². The molecule has 1 heterocycles. The minimum Gasteiger partial charge on any atom is -0.378 e. The molecule has 21 heavy (non-hydrogen) atoms. The van der Waals surface area contributed by atoms with E-state index >= 15 is 0 Å². The molecule has 2 aromatic rings. The van der Waals surface area contributed by atoms with Gasteiger partial charge in [0, 0.05) is 25.2 Å². The minimum absolute atomic E-state index is 0.118. The SMILES string of the molecule is O=c1[nH]cnc2cc(NCCNC3CC3)c([N+](=O)[O-])cc12. The van der Waals surface area contributed by atoms with E-state index in [-0.39, 0.29) is 16.6 Å². The van der Waals surface area contributed by atoms with Crippen LogP contribution >= 0.6 is 0 Å². The van der Waals surface area contributed by atoms with Crippen molar-refractivity contribution in [2.24, 2.45) is 0 Å². The van der Waals surface area contributed by atoms with E-state index in [0.29, 0.717) is 23.8 Å². The monoisotopic (exact) mass is 289 g/mol. The summed E-state index contributed by atoms with van der Waals surface area (Å²) < 4.78 is 0. The van der Waals surface area contributed by atoms with Gasteiger partial charge in [-0.3, -0.25) is 14.9 Å². The third kappa shape index (κ3) is 3.00. The zero-order chi connectivity index (χ0) is 14.8. The summed E-state index contributed by atoms with van der Waals surface area (Å²) in [5, 5.41) is 17.7. The predicted octanol–water partition coefficient (Wildman–Crippen LogP) is 0.995. The van der Waals surface area contributed by atoms with Crippen LogP contribution in [0.5, 0.6) is 0 Å². The number of fused-ring (bicyclic) bond motifs is 1. The molecule has 0 spiro atoms. The molecule has 110 valence electrons. The van der Waals surface area contributed by atoms with Gasteiger partial charge in [-0.05, 0) is 18.9 Å². The van der Waals surface area contributed by atoms with Crippen LogP contribution in [0.2, 0.25) is 0 Å². The summed E-state index contributed by atoms with van der Waals surface area (Å²) >= 11 is 0. The van der Waals surface area contributed by atoms with E-state index in [0.717, 1.165) is 6.54 Å². The van der Waals surface area contributed by atoms with Gasteiger partial charge in [0.1, 0.15) is 5.69 Å². The van der Waals surface area contributed by atoms with Gasteiger partial charge < -0.3 is 15.6 Å². The average molecular weight is 289 g/mol. The largest absolute Gasteiger partial charge is 0.378 e. The number of hydrogen-bond donors (Lipinski definition) is 3. The Morgan fingerprint density at radius 3 is 2.90 bits per heavy atom. The predicted molar refractivity (Wildman–Crippen MR) is 78.5 cm³/mol. The van der Waals surface area contributed by atoms with Gasteiger partial charge in [0.05, 0.1) is 22.2 Å². The lowest BCUT2D eigenvalue weighted by Gasteiger charge is -2.08. The summed E-state index contributed by atoms with van der Waals surface area (Å²) in [5.74, 6) is 0. The number of nitrogens with zero attached hydrogens (tertiary/aromatic N) is 2. The van der Waals surface area contributed by atoms with Crippen molar-refractivity contribution in [1.82, 2.24) is 15.3 Å². The molecule has 3 N–H and O–H groups in total. The van der Waals surface area contributed by atoms with Crippen LogP contribution in [0.25, 0.3) is 10.9 Å². The molecular weight excluding hydrogens is 274 g/mol. The highest BCUT2D eigenvalue weighted by molar-refractivity contribution is 5.86. The van der Waals surface area contributed by atoms with Crippen LogP contribution < -0.4 is 16.2 Å². The van der Waals surface area contributed by atoms with Crippen LogP contribution in [-0.4, -0.2) is 34.0 Å². The van der Waals surface area contributed by atoms with Crippen LogP contribution in [0.3, 0.4) is 0 Å². The Labute approximate surface area is 119 Å². The molecule has 8 nitrogen and oxygen atoms in total. The van der Waals surface area contributed by atoms with E-state index in [9.17, 15) is 14.9 Å². The number of rotatable bonds is 6. The Morgan fingerprint density at radius 2 is 2.19 bits per heavy atom. The second-order valence-electron chi connectivity index (χ2n) is 5.03. The van der Waals surface area contributed by atoms with Gasteiger partial charge in [-0.1, -0.05) is 0 Å². The summed E-state index contributed by atoms with van der Waals surface area (Å²) in [6.45, 7) is 1.31. The Bertz CT molecular complexity index is 738. The fraction of sp³-hybridized carbons (Fsp3) is 0.385. The van der Waals surface area contributed by atoms with Crippen LogP contribution in [-0.2, 0) is 0 Å². The van der Waals surface area contributed by atoms with E-state index in [1.54, 1.807) is 6.07 Å². The van der Waals surface area contributed by atoms with Crippen LogP contribution in [0.1, 0.15) is 12.8 Å². The van der Waals surface area contributed by atoms with Gasteiger partial charge in [0.2, 0.25) is 0 Å². The fourth-order valence-corrected chi connectivity index (χ4v) is 2.16. The van der Waals surface area contributed by atoms with Crippen molar-refractivity contribution in [1.29, 1.82) is 0 Å². The minimum atomic E-state index is -0.497. The second-order valence-corrected chi connectivity index (χ2v) is 5.03. The molecule has 0 unspecified atom stereocenters. The Balaban J connectivity index is 1.85. The maximum absolute atomic E-state index is 11.7. The maximum Gasteiger partial charge on any atom is 0.293 e. The van der Waals surface area contributed by atoms with Crippen LogP contribution in [0, 0.1) is 10.1 Å². The van der Waals surface area contributed by atoms with E-state index in [2.05, 4.69) is 20.6 Å². The number of nitro benzene ring substituents is 1. The van der Waals surface area contributed by atoms with Gasteiger partial charge in [0.15, 0.2) is 0 Å². The molecule has 1 aliphatic carbocycles. The lowest BCUT2D eigenvalue weighted by atomic mass is 10.2. The summed E-state index contributed by atoms with van der Waals surface area (Å²) in [7, 11) is 0. The molecule has 8 heteroatoms. The summed E-state index contributed by atoms with van der Waals surface area (Å²) in [6, 6.07) is 3.40. The lowest BCUT2D eigenvalue weighted by molar-refractivity contribution is -0.383. The Morgan fingerprint density at radius 1 is 1.38 bits per heavy atom. The van der Waals surface area contributed by atoms with E-state index in [1.807, 2.05) is 0 Å². The van der Waals surface area contributed by atoms with Crippen molar-refractivity contribution in [3.05, 3.63) is 38.9 Å². The van der Waals surface area contributed by atoms with Gasteiger partial charge in [-0.2, -0.15) is 0 Å². The zero-order valence-electron chi connectivity index (χ0n) is 11.3. The smallest absolute Gasteiger partial charge is 0.293 e. The molecule has 0 radical (unpaired) electrons. The van der Waals surface area contributed by atoms with Gasteiger partial charge in [0.25, 0.3) is 11.2 Å². The van der Waals surface area contributed by atoms with Crippen molar-refractivity contribution >= 4 is 22.3 Å². The molecule has 0 saturated heterocycles. The molecule has 1 aromatic carbocycles. The quantitative estimate of drug-likeness (QED) is 0.415. The molecule has 0 aliphatic heterocycles. The first kappa shape index (κ1) is 13.5. The lowest BCUT2D eigenvalue weighted by Crippen LogP contribution is -2.24. The summed E-state index contributed by atoms with van der Waals surface area (Å²) in [6.07, 6.45) is 3.68. The topological polar surface area (TPSA) is 113 Å². The Hall–Kier alpha value is -2.48. The Kier molecular flexibility index (Phi) is 3.53. The second kappa shape index (κ2) is 5.49. The number of anilines is 1. The number of nitro groups is 1. The number of benzene rings is 1. The number of hydrogen-bond acceptors (Lipinski definition) is 6. The number of nitrogens with one attached hydrogen (secondary N) is 3. The normalized spacial score (nSPS) is 14.3. The average Bonchev–Trinajstić information content (AvgIpc) is 3.27. The van der Waals surface area contributed by atoms with Crippen molar-refractivity contribution in [3.63, 3.8) is 0 Å². The van der Waals surface area contributed by atoms with E-state index in [1.165, 1.54) is 25.2 Å². The van der Waals surface area contributed by atoms with Crippen LogP contribution in [0.15, 0.2) is 23.3 Å². The molecular formula is C13H15N5O3. The molecule has 1 aliphatic rings. The standard InChI is InChI=1S/C13H15N5O3/c19-13-9-5-12(18(20)21)11(6-10(9)16-7-17-13)15-4-3-14-8-1-2-8/h5-8,14-15H,1-4H2,(H,16,17,19). The highest BCUT2D eigenvalue weighted by Crippen LogP contribution is 2.27. The molecule has 0 bridgehead atoms. The maximum atomic E-state index is 11.7. The zero-order valence-corrected chi connectivity index (χ0v) is 11.3. The van der Waals surface area contributed by atoms with Crippen LogP contribution in [0.4, 0.5) is 11.4 Å². The fourth-order valence-electron chi connectivity index (χ4n) is 2.16. The number of aromatic amines is 1. The van der Waals surface area contributed by atoms with E-state index < -0.39 is 4.92 Å². The van der Waals surface area contributed by atoms with Gasteiger partial charge in [-0.25, -0.2) is 4.98 Å². The number of H-pyrrole nitrogens is 1. The number of aromatic nitrogens is 2. The molecule has 1 saturated carbocycles. The van der Waals surface area contributed by atoms with Crippen molar-refractivity contribution in [3.8, 4) is 0 Å². The first-order valence-electron chi connectivity index (χ1n) is 6.78. The third-order valence-electron chi connectivity index (χ3n) is 3.41. The van der Waals surface area contributed by atoms with Crippen molar-refractivity contribution in [2.45, 2.75) is 18.9 Å².